The van der Waals surface area contributed by atoms with Gasteiger partial charge in [0.15, 0.2) is 0 Å². The molecule has 28 heavy (non-hydrogen) atoms. The van der Waals surface area contributed by atoms with Crippen molar-refractivity contribution in [1.29, 1.82) is 0 Å². The molecular weight excluding hydrogens is 359 g/mol. The van der Waals surface area contributed by atoms with Crippen LogP contribution in [-0.2, 0) is 11.2 Å². The maximum atomic E-state index is 13.3. The van der Waals surface area contributed by atoms with Gasteiger partial charge in [0, 0.05) is 36.9 Å². The minimum atomic E-state index is -0.417. The number of pyridine rings is 1. The average Bonchev–Trinajstić information content (AvgIpc) is 2.68. The van der Waals surface area contributed by atoms with Crippen molar-refractivity contribution in [3.8, 4) is 11.4 Å². The second-order valence-corrected chi connectivity index (χ2v) is 6.45. The summed E-state index contributed by atoms with van der Waals surface area (Å²) >= 11 is 0. The summed E-state index contributed by atoms with van der Waals surface area (Å²) in [4.78, 5) is 35.5. The highest BCUT2D eigenvalue weighted by atomic mass is 19.1. The molecule has 2 N–H and O–H groups in total. The number of halogens is 1. The molecule has 0 saturated heterocycles. The lowest BCUT2D eigenvalue weighted by molar-refractivity contribution is -0.121. The van der Waals surface area contributed by atoms with Crippen molar-refractivity contribution in [3.05, 3.63) is 82.3 Å². The molecule has 0 radical (unpaired) electrons. The van der Waals surface area contributed by atoms with Crippen LogP contribution < -0.4 is 10.9 Å². The molecule has 0 aliphatic carbocycles. The van der Waals surface area contributed by atoms with Gasteiger partial charge in [0.05, 0.1) is 11.7 Å². The number of hydrogen-bond acceptors (Lipinski definition) is 4. The minimum Gasteiger partial charge on any atom is -0.349 e. The Bertz CT molecular complexity index is 987. The van der Waals surface area contributed by atoms with Crippen LogP contribution in [0.15, 0.2) is 59.7 Å². The van der Waals surface area contributed by atoms with E-state index in [1.807, 2.05) is 6.92 Å². The van der Waals surface area contributed by atoms with Gasteiger partial charge < -0.3 is 10.3 Å². The molecule has 0 aliphatic heterocycles. The van der Waals surface area contributed by atoms with Gasteiger partial charge in [0.1, 0.15) is 11.6 Å². The zero-order valence-corrected chi connectivity index (χ0v) is 15.5. The first-order valence-corrected chi connectivity index (χ1v) is 9.10. The van der Waals surface area contributed by atoms with Crippen molar-refractivity contribution in [2.24, 2.45) is 0 Å². The number of aromatic nitrogens is 3. The number of amides is 1. The normalized spacial score (nSPS) is 11.8. The predicted molar refractivity (Wildman–Crippen MR) is 104 cm³/mol. The van der Waals surface area contributed by atoms with Crippen LogP contribution in [0.2, 0.25) is 0 Å². The number of carbonyl (C=O) groups excluding carboxylic acids is 1. The van der Waals surface area contributed by atoms with Crippen molar-refractivity contribution in [2.45, 2.75) is 32.2 Å². The second kappa shape index (κ2) is 9.03. The van der Waals surface area contributed by atoms with E-state index in [2.05, 4.69) is 20.3 Å². The van der Waals surface area contributed by atoms with Gasteiger partial charge in [0.2, 0.25) is 5.91 Å². The van der Waals surface area contributed by atoms with E-state index in [1.165, 1.54) is 18.2 Å². The van der Waals surface area contributed by atoms with Gasteiger partial charge in [-0.2, -0.15) is 0 Å². The molecule has 1 unspecified atom stereocenters. The average molecular weight is 380 g/mol. The summed E-state index contributed by atoms with van der Waals surface area (Å²) in [7, 11) is 0. The summed E-state index contributed by atoms with van der Waals surface area (Å²) in [6, 6.07) is 10.5. The van der Waals surface area contributed by atoms with Gasteiger partial charge in [-0.15, -0.1) is 0 Å². The van der Waals surface area contributed by atoms with E-state index in [9.17, 15) is 14.0 Å². The van der Waals surface area contributed by atoms with Crippen LogP contribution in [0.5, 0.6) is 0 Å². The number of hydrogen-bond donors (Lipinski definition) is 2. The van der Waals surface area contributed by atoms with E-state index in [0.717, 1.165) is 17.5 Å². The number of carbonyl (C=O) groups is 1. The van der Waals surface area contributed by atoms with Crippen LogP contribution in [0.1, 0.15) is 37.1 Å². The minimum absolute atomic E-state index is 0.101. The summed E-state index contributed by atoms with van der Waals surface area (Å²) in [5, 5.41) is 2.96. The Morgan fingerprint density at radius 1 is 1.18 bits per heavy atom. The SMILES string of the molecule is CCCC(=O)NC(Cc1cc(=O)[nH]c(-c2ccncc2)n1)c1ccc(F)cc1. The van der Waals surface area contributed by atoms with Crippen molar-refractivity contribution in [3.63, 3.8) is 0 Å². The Morgan fingerprint density at radius 3 is 2.57 bits per heavy atom. The van der Waals surface area contributed by atoms with Crippen molar-refractivity contribution < 1.29 is 9.18 Å². The molecule has 0 bridgehead atoms. The van der Waals surface area contributed by atoms with Crippen LogP contribution in [-0.4, -0.2) is 20.9 Å². The Labute approximate surface area is 161 Å². The summed E-state index contributed by atoms with van der Waals surface area (Å²) < 4.78 is 13.3. The number of H-pyrrole nitrogens is 1. The van der Waals surface area contributed by atoms with E-state index in [1.54, 1.807) is 36.7 Å². The van der Waals surface area contributed by atoms with Gasteiger partial charge in [-0.25, -0.2) is 9.37 Å². The van der Waals surface area contributed by atoms with Gasteiger partial charge in [0.25, 0.3) is 5.56 Å². The zero-order chi connectivity index (χ0) is 19.9. The van der Waals surface area contributed by atoms with Crippen LogP contribution in [0.4, 0.5) is 4.39 Å². The molecule has 0 aliphatic rings. The third-order valence-electron chi connectivity index (χ3n) is 4.25. The number of aromatic amines is 1. The molecule has 0 fully saturated rings. The Kier molecular flexibility index (Phi) is 6.26. The molecular formula is C21H21FN4O2. The summed E-state index contributed by atoms with van der Waals surface area (Å²) in [5.74, 6) is -0.0182. The summed E-state index contributed by atoms with van der Waals surface area (Å²) in [5.41, 5.74) is 1.73. The number of nitrogens with zero attached hydrogens (tertiary/aromatic N) is 2. The largest absolute Gasteiger partial charge is 0.349 e. The van der Waals surface area contributed by atoms with E-state index in [4.69, 9.17) is 0 Å². The van der Waals surface area contributed by atoms with Crippen molar-refractivity contribution in [2.75, 3.05) is 0 Å². The fraction of sp³-hybridized carbons (Fsp3) is 0.238. The molecule has 0 saturated carbocycles. The maximum absolute atomic E-state index is 13.3. The van der Waals surface area contributed by atoms with E-state index >= 15 is 0 Å². The highest BCUT2D eigenvalue weighted by Gasteiger charge is 2.17. The lowest BCUT2D eigenvalue weighted by Gasteiger charge is -2.19. The first-order chi connectivity index (χ1) is 13.5. The fourth-order valence-corrected chi connectivity index (χ4v) is 2.91. The predicted octanol–water partition coefficient (Wildman–Crippen LogP) is 3.17. The zero-order valence-electron chi connectivity index (χ0n) is 15.5. The lowest BCUT2D eigenvalue weighted by Crippen LogP contribution is -2.30. The highest BCUT2D eigenvalue weighted by molar-refractivity contribution is 5.76. The molecule has 2 heterocycles. The Hall–Kier alpha value is -3.35. The summed E-state index contributed by atoms with van der Waals surface area (Å²) in [6.45, 7) is 1.92. The van der Waals surface area contributed by atoms with Crippen LogP contribution in [0, 0.1) is 5.82 Å². The summed E-state index contributed by atoms with van der Waals surface area (Å²) in [6.07, 6.45) is 4.66. The van der Waals surface area contributed by atoms with Gasteiger partial charge in [-0.1, -0.05) is 19.1 Å². The number of nitrogens with one attached hydrogen (secondary N) is 2. The van der Waals surface area contributed by atoms with E-state index < -0.39 is 6.04 Å². The fourth-order valence-electron chi connectivity index (χ4n) is 2.91. The quantitative estimate of drug-likeness (QED) is 0.659. The van der Waals surface area contributed by atoms with Gasteiger partial charge in [-0.05, 0) is 36.2 Å². The third-order valence-corrected chi connectivity index (χ3v) is 4.25. The third kappa shape index (κ3) is 5.09. The molecule has 1 atom stereocenters. The van der Waals surface area contributed by atoms with Gasteiger partial charge >= 0.3 is 0 Å². The lowest BCUT2D eigenvalue weighted by atomic mass is 10.0. The molecule has 1 aromatic carbocycles. The molecule has 0 spiro atoms. The maximum Gasteiger partial charge on any atom is 0.251 e. The molecule has 2 aromatic heterocycles. The van der Waals surface area contributed by atoms with Crippen molar-refractivity contribution >= 4 is 5.91 Å². The first kappa shape index (κ1) is 19.4. The van der Waals surface area contributed by atoms with Gasteiger partial charge in [-0.3, -0.25) is 14.6 Å². The van der Waals surface area contributed by atoms with Crippen LogP contribution in [0.3, 0.4) is 0 Å². The second-order valence-electron chi connectivity index (χ2n) is 6.45. The topological polar surface area (TPSA) is 87.7 Å². The molecule has 144 valence electrons. The molecule has 3 rings (SSSR count). The first-order valence-electron chi connectivity index (χ1n) is 9.10. The van der Waals surface area contributed by atoms with Crippen LogP contribution >= 0.6 is 0 Å². The Balaban J connectivity index is 1.91. The number of rotatable bonds is 7. The molecule has 1 amide bonds. The highest BCUT2D eigenvalue weighted by Crippen LogP contribution is 2.20. The smallest absolute Gasteiger partial charge is 0.251 e. The molecule has 3 aromatic rings. The van der Waals surface area contributed by atoms with Crippen LogP contribution in [0.25, 0.3) is 11.4 Å². The molecule has 7 heteroatoms. The van der Waals surface area contributed by atoms with E-state index in [-0.39, 0.29) is 17.3 Å². The standard InChI is InChI=1S/C21H21FN4O2/c1-2-3-19(27)25-18(14-4-6-16(22)7-5-14)12-17-13-20(28)26-21(24-17)15-8-10-23-11-9-15/h4-11,13,18H,2-3,12H2,1H3,(H,25,27)(H,24,26,28). The number of benzene rings is 1. The van der Waals surface area contributed by atoms with E-state index in [0.29, 0.717) is 24.4 Å². The Morgan fingerprint density at radius 2 is 1.89 bits per heavy atom. The van der Waals surface area contributed by atoms with Crippen molar-refractivity contribution in [1.82, 2.24) is 20.3 Å². The monoisotopic (exact) mass is 380 g/mol. The molecule has 6 nitrogen and oxygen atoms in total.